The lowest BCUT2D eigenvalue weighted by Crippen LogP contribution is -2.35. The van der Waals surface area contributed by atoms with Gasteiger partial charge in [-0.15, -0.1) is 0 Å². The van der Waals surface area contributed by atoms with Crippen LogP contribution in [0.5, 0.6) is 0 Å². The number of nitrogens with zero attached hydrogens (tertiary/aromatic N) is 3. The van der Waals surface area contributed by atoms with Gasteiger partial charge in [0.1, 0.15) is 5.82 Å². The maximum atomic E-state index is 9.67. The zero-order valence-corrected chi connectivity index (χ0v) is 16.1. The molecule has 0 spiro atoms. The van der Waals surface area contributed by atoms with Gasteiger partial charge in [0.25, 0.3) is 0 Å². The number of aromatic nitrogens is 2. The van der Waals surface area contributed by atoms with Crippen molar-refractivity contribution < 1.29 is 5.11 Å². The largest absolute Gasteiger partial charge is 0.393 e. The van der Waals surface area contributed by atoms with Crippen LogP contribution >= 0.6 is 11.5 Å². The van der Waals surface area contributed by atoms with Crippen LogP contribution in [-0.2, 0) is 18.5 Å². The van der Waals surface area contributed by atoms with Crippen LogP contribution in [0.25, 0.3) is 0 Å². The van der Waals surface area contributed by atoms with Crippen molar-refractivity contribution in [3.05, 3.63) is 41.2 Å². The molecule has 6 heteroatoms. The molecule has 25 heavy (non-hydrogen) atoms. The Balaban J connectivity index is 1.62. The molecule has 1 aromatic heterocycles. The third kappa shape index (κ3) is 5.00. The summed E-state index contributed by atoms with van der Waals surface area (Å²) in [6, 6.07) is 8.55. The van der Waals surface area contributed by atoms with Crippen molar-refractivity contribution in [3.8, 4) is 0 Å². The second-order valence-electron chi connectivity index (χ2n) is 7.80. The quantitative estimate of drug-likeness (QED) is 0.856. The van der Waals surface area contributed by atoms with Crippen LogP contribution in [-0.4, -0.2) is 38.6 Å². The van der Waals surface area contributed by atoms with Gasteiger partial charge in [-0.25, -0.2) is 4.98 Å². The lowest BCUT2D eigenvalue weighted by Gasteiger charge is -2.30. The van der Waals surface area contributed by atoms with Crippen LogP contribution in [0.4, 0.5) is 5.13 Å². The Labute approximate surface area is 154 Å². The highest BCUT2D eigenvalue weighted by molar-refractivity contribution is 7.09. The van der Waals surface area contributed by atoms with E-state index in [4.69, 9.17) is 0 Å². The molecule has 136 valence electrons. The molecule has 0 amide bonds. The van der Waals surface area contributed by atoms with Crippen LogP contribution in [0, 0.1) is 0 Å². The van der Waals surface area contributed by atoms with Crippen LogP contribution in [0.3, 0.4) is 0 Å². The van der Waals surface area contributed by atoms with Gasteiger partial charge >= 0.3 is 0 Å². The van der Waals surface area contributed by atoms with E-state index in [1.165, 1.54) is 22.7 Å². The minimum Gasteiger partial charge on any atom is -0.393 e. The Kier molecular flexibility index (Phi) is 5.71. The molecule has 1 saturated heterocycles. The first kappa shape index (κ1) is 18.3. The standard InChI is InChI=1S/C19H28N4OS/c1-19(2,3)17-21-18(25-22-17)20-12-14-6-4-5-7-15(14)13-23-10-8-16(24)9-11-23/h4-7,16,24H,8-13H2,1-3H3,(H,20,21,22). The van der Waals surface area contributed by atoms with Gasteiger partial charge in [-0.1, -0.05) is 45.0 Å². The third-order valence-corrected chi connectivity index (χ3v) is 5.27. The van der Waals surface area contributed by atoms with Crippen molar-refractivity contribution >= 4 is 16.7 Å². The smallest absolute Gasteiger partial charge is 0.202 e. The topological polar surface area (TPSA) is 61.3 Å². The summed E-state index contributed by atoms with van der Waals surface area (Å²) in [5.41, 5.74) is 2.61. The fraction of sp³-hybridized carbons (Fsp3) is 0.579. The fourth-order valence-corrected chi connectivity index (χ4v) is 3.72. The summed E-state index contributed by atoms with van der Waals surface area (Å²) >= 11 is 1.43. The minimum absolute atomic E-state index is 0.0207. The zero-order chi connectivity index (χ0) is 17.9. The molecule has 0 radical (unpaired) electrons. The van der Waals surface area contributed by atoms with Gasteiger partial charge in [0, 0.05) is 43.1 Å². The van der Waals surface area contributed by atoms with Gasteiger partial charge in [0.15, 0.2) is 0 Å². The van der Waals surface area contributed by atoms with E-state index in [-0.39, 0.29) is 11.5 Å². The number of hydrogen-bond donors (Lipinski definition) is 2. The van der Waals surface area contributed by atoms with E-state index >= 15 is 0 Å². The molecule has 1 aliphatic heterocycles. The Morgan fingerprint density at radius 1 is 1.20 bits per heavy atom. The molecule has 2 heterocycles. The maximum absolute atomic E-state index is 9.67. The van der Waals surface area contributed by atoms with Gasteiger partial charge < -0.3 is 10.4 Å². The van der Waals surface area contributed by atoms with E-state index in [2.05, 4.69) is 64.6 Å². The normalized spacial score (nSPS) is 17.0. The number of benzene rings is 1. The lowest BCUT2D eigenvalue weighted by atomic mass is 9.96. The van der Waals surface area contributed by atoms with Crippen molar-refractivity contribution in [3.63, 3.8) is 0 Å². The number of rotatable bonds is 5. The molecule has 2 aromatic rings. The molecular formula is C19H28N4OS. The summed E-state index contributed by atoms with van der Waals surface area (Å²) in [6.07, 6.45) is 1.63. The molecule has 0 saturated carbocycles. The minimum atomic E-state index is -0.123. The molecular weight excluding hydrogens is 332 g/mol. The van der Waals surface area contributed by atoms with Crippen LogP contribution in [0.1, 0.15) is 50.6 Å². The number of likely N-dealkylation sites (tertiary alicyclic amines) is 1. The van der Waals surface area contributed by atoms with Gasteiger partial charge in [-0.3, -0.25) is 4.90 Å². The van der Waals surface area contributed by atoms with E-state index in [0.717, 1.165) is 50.0 Å². The van der Waals surface area contributed by atoms with Crippen LogP contribution < -0.4 is 5.32 Å². The van der Waals surface area contributed by atoms with E-state index < -0.39 is 0 Å². The van der Waals surface area contributed by atoms with Crippen LogP contribution in [0.15, 0.2) is 24.3 Å². The Morgan fingerprint density at radius 2 is 1.88 bits per heavy atom. The van der Waals surface area contributed by atoms with E-state index in [1.54, 1.807) is 0 Å². The van der Waals surface area contributed by atoms with Crippen molar-refractivity contribution in [2.24, 2.45) is 0 Å². The Bertz CT molecular complexity index is 687. The van der Waals surface area contributed by atoms with Crippen molar-refractivity contribution in [1.82, 2.24) is 14.3 Å². The molecule has 2 N–H and O–H groups in total. The number of nitrogens with one attached hydrogen (secondary N) is 1. The number of piperidine rings is 1. The highest BCUT2D eigenvalue weighted by Gasteiger charge is 2.20. The number of anilines is 1. The van der Waals surface area contributed by atoms with E-state index in [9.17, 15) is 5.11 Å². The first-order valence-corrected chi connectivity index (χ1v) is 9.74. The lowest BCUT2D eigenvalue weighted by molar-refractivity contribution is 0.0791. The predicted octanol–water partition coefficient (Wildman–Crippen LogP) is 3.40. The number of aliphatic hydroxyl groups excluding tert-OH is 1. The fourth-order valence-electron chi connectivity index (χ4n) is 2.97. The summed E-state index contributed by atoms with van der Waals surface area (Å²) in [7, 11) is 0. The highest BCUT2D eigenvalue weighted by atomic mass is 32.1. The molecule has 1 aromatic carbocycles. The Hall–Kier alpha value is -1.50. The monoisotopic (exact) mass is 360 g/mol. The second-order valence-corrected chi connectivity index (χ2v) is 8.55. The maximum Gasteiger partial charge on any atom is 0.202 e. The molecule has 0 unspecified atom stereocenters. The molecule has 5 nitrogen and oxygen atoms in total. The molecule has 1 aliphatic rings. The molecule has 1 fully saturated rings. The first-order chi connectivity index (χ1) is 11.9. The highest BCUT2D eigenvalue weighted by Crippen LogP contribution is 2.24. The number of hydrogen-bond acceptors (Lipinski definition) is 6. The van der Waals surface area contributed by atoms with Gasteiger partial charge in [-0.2, -0.15) is 4.37 Å². The summed E-state index contributed by atoms with van der Waals surface area (Å²) in [5, 5.41) is 14.0. The predicted molar refractivity (Wildman–Crippen MR) is 103 cm³/mol. The summed E-state index contributed by atoms with van der Waals surface area (Å²) in [5.74, 6) is 0.889. The van der Waals surface area contributed by atoms with E-state index in [0.29, 0.717) is 0 Å². The zero-order valence-electron chi connectivity index (χ0n) is 15.3. The van der Waals surface area contributed by atoms with Crippen LogP contribution in [0.2, 0.25) is 0 Å². The van der Waals surface area contributed by atoms with Gasteiger partial charge in [0.2, 0.25) is 5.13 Å². The van der Waals surface area contributed by atoms with E-state index in [1.807, 2.05) is 0 Å². The SMILES string of the molecule is CC(C)(C)c1nsc(NCc2ccccc2CN2CCC(O)CC2)n1. The third-order valence-electron chi connectivity index (χ3n) is 4.60. The first-order valence-electron chi connectivity index (χ1n) is 8.97. The number of aliphatic hydroxyl groups is 1. The second kappa shape index (κ2) is 7.81. The Morgan fingerprint density at radius 3 is 2.52 bits per heavy atom. The van der Waals surface area contributed by atoms with Gasteiger partial charge in [-0.05, 0) is 24.0 Å². The average molecular weight is 361 g/mol. The molecule has 0 bridgehead atoms. The van der Waals surface area contributed by atoms with Crippen molar-refractivity contribution in [1.29, 1.82) is 0 Å². The van der Waals surface area contributed by atoms with Crippen molar-refractivity contribution in [2.45, 2.75) is 58.2 Å². The summed E-state index contributed by atoms with van der Waals surface area (Å²) in [4.78, 5) is 7.03. The average Bonchev–Trinajstić information content (AvgIpc) is 3.05. The molecule has 0 aliphatic carbocycles. The molecule has 0 atom stereocenters. The van der Waals surface area contributed by atoms with Crippen molar-refractivity contribution in [2.75, 3.05) is 18.4 Å². The summed E-state index contributed by atoms with van der Waals surface area (Å²) < 4.78 is 4.46. The molecule has 3 rings (SSSR count). The van der Waals surface area contributed by atoms with Gasteiger partial charge in [0.05, 0.1) is 6.10 Å². The summed E-state index contributed by atoms with van der Waals surface area (Å²) in [6.45, 7) is 10.0.